The molecule has 0 aromatic carbocycles. The van der Waals surface area contributed by atoms with Gasteiger partial charge in [-0.15, -0.1) is 0 Å². The molecule has 7 heteroatoms. The SMILES string of the molecule is CCCN(CC(=O)OC)C(=O)c1cc(Cl)ncc1N. The third-order valence-corrected chi connectivity index (χ3v) is 2.67. The van der Waals surface area contributed by atoms with Crippen LogP contribution in [0, 0.1) is 0 Å². The Morgan fingerprint density at radius 3 is 2.79 bits per heavy atom. The van der Waals surface area contributed by atoms with Gasteiger partial charge in [-0.3, -0.25) is 9.59 Å². The first-order valence-corrected chi connectivity index (χ1v) is 6.14. The van der Waals surface area contributed by atoms with E-state index >= 15 is 0 Å². The van der Waals surface area contributed by atoms with Crippen LogP contribution in [0.25, 0.3) is 0 Å². The lowest BCUT2D eigenvalue weighted by molar-refractivity contribution is -0.141. The van der Waals surface area contributed by atoms with E-state index in [2.05, 4.69) is 9.72 Å². The van der Waals surface area contributed by atoms with Crippen LogP contribution < -0.4 is 5.73 Å². The van der Waals surface area contributed by atoms with Gasteiger partial charge < -0.3 is 15.4 Å². The molecule has 104 valence electrons. The van der Waals surface area contributed by atoms with Gasteiger partial charge in [-0.1, -0.05) is 18.5 Å². The summed E-state index contributed by atoms with van der Waals surface area (Å²) in [6.07, 6.45) is 2.03. The number of pyridine rings is 1. The molecule has 19 heavy (non-hydrogen) atoms. The number of rotatable bonds is 5. The molecule has 1 rings (SSSR count). The van der Waals surface area contributed by atoms with Crippen LogP contribution in [0.15, 0.2) is 12.3 Å². The molecular formula is C12H16ClN3O3. The zero-order valence-electron chi connectivity index (χ0n) is 10.9. The summed E-state index contributed by atoms with van der Waals surface area (Å²) in [4.78, 5) is 28.8. The summed E-state index contributed by atoms with van der Waals surface area (Å²) >= 11 is 5.75. The lowest BCUT2D eigenvalue weighted by atomic mass is 10.2. The van der Waals surface area contributed by atoms with Gasteiger partial charge in [-0.05, 0) is 12.5 Å². The molecule has 0 atom stereocenters. The largest absolute Gasteiger partial charge is 0.468 e. The van der Waals surface area contributed by atoms with E-state index in [0.29, 0.717) is 13.0 Å². The molecule has 1 heterocycles. The number of aromatic nitrogens is 1. The summed E-state index contributed by atoms with van der Waals surface area (Å²) in [5.41, 5.74) is 6.16. The number of amides is 1. The minimum Gasteiger partial charge on any atom is -0.468 e. The van der Waals surface area contributed by atoms with Crippen molar-refractivity contribution in [2.24, 2.45) is 0 Å². The maximum Gasteiger partial charge on any atom is 0.325 e. The van der Waals surface area contributed by atoms with E-state index in [1.807, 2.05) is 6.92 Å². The van der Waals surface area contributed by atoms with Gasteiger partial charge in [0.25, 0.3) is 5.91 Å². The second-order valence-electron chi connectivity index (χ2n) is 3.90. The third-order valence-electron chi connectivity index (χ3n) is 2.46. The first-order chi connectivity index (χ1) is 8.99. The number of methoxy groups -OCH3 is 1. The maximum absolute atomic E-state index is 12.3. The lowest BCUT2D eigenvalue weighted by Gasteiger charge is -2.21. The number of carbonyl (C=O) groups excluding carboxylic acids is 2. The van der Waals surface area contributed by atoms with Gasteiger partial charge in [-0.2, -0.15) is 0 Å². The van der Waals surface area contributed by atoms with Gasteiger partial charge in [0.1, 0.15) is 11.7 Å². The highest BCUT2D eigenvalue weighted by atomic mass is 35.5. The van der Waals surface area contributed by atoms with Crippen molar-refractivity contribution < 1.29 is 14.3 Å². The number of ether oxygens (including phenoxy) is 1. The second kappa shape index (κ2) is 6.94. The van der Waals surface area contributed by atoms with Gasteiger partial charge >= 0.3 is 5.97 Å². The van der Waals surface area contributed by atoms with Crippen LogP contribution in [0.2, 0.25) is 5.15 Å². The molecule has 0 aliphatic carbocycles. The van der Waals surface area contributed by atoms with E-state index < -0.39 is 5.97 Å². The Bertz CT molecular complexity index is 479. The monoisotopic (exact) mass is 285 g/mol. The highest BCUT2D eigenvalue weighted by Crippen LogP contribution is 2.17. The molecule has 0 bridgehead atoms. The van der Waals surface area contributed by atoms with Crippen molar-refractivity contribution in [1.82, 2.24) is 9.88 Å². The fourth-order valence-corrected chi connectivity index (χ4v) is 1.70. The highest BCUT2D eigenvalue weighted by Gasteiger charge is 2.21. The quantitative estimate of drug-likeness (QED) is 0.652. The van der Waals surface area contributed by atoms with Crippen LogP contribution in [0.3, 0.4) is 0 Å². The molecule has 1 aromatic rings. The van der Waals surface area contributed by atoms with Crippen molar-refractivity contribution in [3.8, 4) is 0 Å². The smallest absolute Gasteiger partial charge is 0.325 e. The van der Waals surface area contributed by atoms with Gasteiger partial charge in [0.2, 0.25) is 0 Å². The standard InChI is InChI=1S/C12H16ClN3O3/c1-3-4-16(7-11(17)19-2)12(18)8-5-10(13)15-6-9(8)14/h5-6H,3-4,7,14H2,1-2H3. The minimum atomic E-state index is -0.486. The summed E-state index contributed by atoms with van der Waals surface area (Å²) in [6, 6.07) is 1.39. The topological polar surface area (TPSA) is 85.5 Å². The Kier molecular flexibility index (Phi) is 5.57. The van der Waals surface area contributed by atoms with Crippen molar-refractivity contribution >= 4 is 29.2 Å². The zero-order chi connectivity index (χ0) is 14.4. The van der Waals surface area contributed by atoms with E-state index in [-0.39, 0.29) is 28.9 Å². The van der Waals surface area contributed by atoms with E-state index in [0.717, 1.165) is 0 Å². The van der Waals surface area contributed by atoms with Crippen LogP contribution >= 0.6 is 11.6 Å². The summed E-state index contributed by atoms with van der Waals surface area (Å²) < 4.78 is 4.56. The Morgan fingerprint density at radius 2 is 2.21 bits per heavy atom. The molecule has 0 aliphatic rings. The van der Waals surface area contributed by atoms with E-state index in [9.17, 15) is 9.59 Å². The molecule has 0 aliphatic heterocycles. The second-order valence-corrected chi connectivity index (χ2v) is 4.28. The molecular weight excluding hydrogens is 270 g/mol. The van der Waals surface area contributed by atoms with Gasteiger partial charge in [0, 0.05) is 6.54 Å². The average Bonchev–Trinajstić information content (AvgIpc) is 2.40. The van der Waals surface area contributed by atoms with Crippen molar-refractivity contribution in [3.63, 3.8) is 0 Å². The van der Waals surface area contributed by atoms with Gasteiger partial charge in [0.15, 0.2) is 0 Å². The summed E-state index contributed by atoms with van der Waals surface area (Å²) in [6.45, 7) is 2.20. The molecule has 1 amide bonds. The average molecular weight is 286 g/mol. The summed E-state index contributed by atoms with van der Waals surface area (Å²) in [5, 5.41) is 0.173. The zero-order valence-corrected chi connectivity index (χ0v) is 11.6. The molecule has 0 saturated carbocycles. The predicted octanol–water partition coefficient (Wildman–Crippen LogP) is 1.34. The van der Waals surface area contributed by atoms with Crippen molar-refractivity contribution in [1.29, 1.82) is 0 Å². The minimum absolute atomic E-state index is 0.122. The van der Waals surface area contributed by atoms with Crippen molar-refractivity contribution in [2.75, 3.05) is 25.9 Å². The molecule has 1 aromatic heterocycles. The lowest BCUT2D eigenvalue weighted by Crippen LogP contribution is -2.37. The maximum atomic E-state index is 12.3. The number of hydrogen-bond acceptors (Lipinski definition) is 5. The first-order valence-electron chi connectivity index (χ1n) is 5.76. The highest BCUT2D eigenvalue weighted by molar-refractivity contribution is 6.29. The van der Waals surface area contributed by atoms with Crippen LogP contribution in [-0.4, -0.2) is 42.0 Å². The first kappa shape index (κ1) is 15.2. The number of nitrogens with two attached hydrogens (primary N) is 1. The molecule has 0 radical (unpaired) electrons. The molecule has 0 fully saturated rings. The van der Waals surface area contributed by atoms with Crippen molar-refractivity contribution in [2.45, 2.75) is 13.3 Å². The van der Waals surface area contributed by atoms with Gasteiger partial charge in [-0.25, -0.2) is 4.98 Å². The Morgan fingerprint density at radius 1 is 1.53 bits per heavy atom. The Balaban J connectivity index is 2.98. The van der Waals surface area contributed by atoms with E-state index in [4.69, 9.17) is 17.3 Å². The van der Waals surface area contributed by atoms with Crippen LogP contribution in [0.1, 0.15) is 23.7 Å². The Hall–Kier alpha value is -1.82. The number of nitrogens with zero attached hydrogens (tertiary/aromatic N) is 2. The number of hydrogen-bond donors (Lipinski definition) is 1. The number of nitrogen functional groups attached to an aromatic ring is 1. The third kappa shape index (κ3) is 4.10. The number of halogens is 1. The van der Waals surface area contributed by atoms with Gasteiger partial charge in [0.05, 0.1) is 24.6 Å². The molecule has 2 N–H and O–H groups in total. The van der Waals surface area contributed by atoms with E-state index in [1.165, 1.54) is 24.3 Å². The summed E-state index contributed by atoms with van der Waals surface area (Å²) in [7, 11) is 1.27. The van der Waals surface area contributed by atoms with Crippen LogP contribution in [-0.2, 0) is 9.53 Å². The van der Waals surface area contributed by atoms with Crippen LogP contribution in [0.5, 0.6) is 0 Å². The normalized spacial score (nSPS) is 10.1. The number of anilines is 1. The van der Waals surface area contributed by atoms with E-state index in [1.54, 1.807) is 0 Å². The molecule has 0 saturated heterocycles. The fraction of sp³-hybridized carbons (Fsp3) is 0.417. The number of carbonyl (C=O) groups is 2. The summed E-state index contributed by atoms with van der Waals surface area (Å²) in [5.74, 6) is -0.852. The Labute approximate surface area is 116 Å². The fourth-order valence-electron chi connectivity index (χ4n) is 1.54. The van der Waals surface area contributed by atoms with Crippen LogP contribution in [0.4, 0.5) is 5.69 Å². The number of esters is 1. The molecule has 6 nitrogen and oxygen atoms in total. The molecule has 0 spiro atoms. The predicted molar refractivity (Wildman–Crippen MR) is 71.9 cm³/mol. The van der Waals surface area contributed by atoms with Crippen molar-refractivity contribution in [3.05, 3.63) is 23.0 Å². The molecule has 0 unspecified atom stereocenters.